The van der Waals surface area contributed by atoms with Gasteiger partial charge < -0.3 is 25.7 Å². The Bertz CT molecular complexity index is 2190. The van der Waals surface area contributed by atoms with E-state index < -0.39 is 11.7 Å². The molecule has 13 heteroatoms. The number of thioether (sulfide) groups is 1. The number of hydrogen-bond acceptors (Lipinski definition) is 9. The number of nitrogens with zero attached hydrogens (tertiary/aromatic N) is 4. The lowest BCUT2D eigenvalue weighted by Crippen LogP contribution is -2.53. The lowest BCUT2D eigenvalue weighted by atomic mass is 9.90. The van der Waals surface area contributed by atoms with Gasteiger partial charge in [-0.15, -0.1) is 0 Å². The van der Waals surface area contributed by atoms with Crippen molar-refractivity contribution in [2.45, 2.75) is 76.8 Å². The van der Waals surface area contributed by atoms with Crippen LogP contribution in [0.4, 0.5) is 4.39 Å². The quantitative estimate of drug-likeness (QED) is 0.115. The summed E-state index contributed by atoms with van der Waals surface area (Å²) in [5.41, 5.74) is 6.74. The lowest BCUT2D eigenvalue weighted by Gasteiger charge is -2.36. The van der Waals surface area contributed by atoms with Crippen molar-refractivity contribution < 1.29 is 18.7 Å². The maximum atomic E-state index is 14.6. The van der Waals surface area contributed by atoms with E-state index in [1.165, 1.54) is 17.2 Å². The number of imidazole rings is 1. The number of aromatic amines is 1. The van der Waals surface area contributed by atoms with Gasteiger partial charge in [-0.1, -0.05) is 36.4 Å². The molecule has 4 N–H and O–H groups in total. The lowest BCUT2D eigenvalue weighted by molar-refractivity contribution is 0.0890. The van der Waals surface area contributed by atoms with Crippen LogP contribution in [0.5, 0.6) is 11.6 Å². The van der Waals surface area contributed by atoms with Gasteiger partial charge in [-0.25, -0.2) is 14.4 Å². The number of para-hydroxylation sites is 1. The highest BCUT2D eigenvalue weighted by Gasteiger charge is 2.27. The Hall–Kier alpha value is -4.82. The van der Waals surface area contributed by atoms with E-state index in [1.54, 1.807) is 12.4 Å². The molecule has 2 amide bonds. The molecular formula is C44H51FN8O3S. The molecule has 2 atom stereocenters. The number of fused-ring (bicyclic) bond motifs is 1. The largest absolute Gasteiger partial charge is 0.438 e. The Morgan fingerprint density at radius 1 is 0.842 bits per heavy atom. The number of carbonyl (C=O) groups is 2. The van der Waals surface area contributed by atoms with Crippen molar-refractivity contribution in [1.82, 2.24) is 40.7 Å². The van der Waals surface area contributed by atoms with Crippen molar-refractivity contribution >= 4 is 34.6 Å². The van der Waals surface area contributed by atoms with Crippen molar-refractivity contribution in [2.75, 3.05) is 37.7 Å². The topological polar surface area (TPSA) is 128 Å². The Labute approximate surface area is 337 Å². The van der Waals surface area contributed by atoms with E-state index >= 15 is 0 Å². The van der Waals surface area contributed by atoms with Crippen LogP contribution < -0.4 is 20.7 Å². The van der Waals surface area contributed by atoms with Gasteiger partial charge in [0.1, 0.15) is 22.6 Å². The van der Waals surface area contributed by atoms with Crippen molar-refractivity contribution in [3.05, 3.63) is 107 Å². The molecule has 0 spiro atoms. The molecule has 0 bridgehead atoms. The zero-order chi connectivity index (χ0) is 39.3. The van der Waals surface area contributed by atoms with Crippen LogP contribution in [0.3, 0.4) is 0 Å². The Morgan fingerprint density at radius 3 is 2.32 bits per heavy atom. The highest BCUT2D eigenvalue weighted by atomic mass is 32.2. The summed E-state index contributed by atoms with van der Waals surface area (Å²) in [6.07, 6.45) is 5.36. The summed E-state index contributed by atoms with van der Waals surface area (Å²) >= 11 is 2.01. The predicted octanol–water partition coefficient (Wildman–Crippen LogP) is 6.76. The first-order chi connectivity index (χ1) is 27.7. The van der Waals surface area contributed by atoms with Crippen LogP contribution in [0.15, 0.2) is 79.3 Å². The van der Waals surface area contributed by atoms with Gasteiger partial charge in [-0.3, -0.25) is 19.4 Å². The first kappa shape index (κ1) is 39.0. The van der Waals surface area contributed by atoms with Crippen LogP contribution in [-0.4, -0.2) is 98.4 Å². The molecular weight excluding hydrogens is 740 g/mol. The Morgan fingerprint density at radius 2 is 1.56 bits per heavy atom. The molecule has 8 rings (SSSR count). The molecule has 2 saturated heterocycles. The van der Waals surface area contributed by atoms with Gasteiger partial charge in [0, 0.05) is 74.9 Å². The summed E-state index contributed by atoms with van der Waals surface area (Å²) in [7, 11) is 0. The van der Waals surface area contributed by atoms with E-state index in [-0.39, 0.29) is 29.4 Å². The summed E-state index contributed by atoms with van der Waals surface area (Å²) < 4.78 is 20.9. The molecule has 3 aromatic carbocycles. The third-order valence-corrected chi connectivity index (χ3v) is 12.2. The normalized spacial score (nSPS) is 21.9. The number of rotatable bonds is 11. The maximum Gasteiger partial charge on any atom is 0.257 e. The molecule has 57 heavy (non-hydrogen) atoms. The second kappa shape index (κ2) is 17.8. The highest BCUT2D eigenvalue weighted by Crippen LogP contribution is 2.33. The molecule has 0 unspecified atom stereocenters. The maximum absolute atomic E-state index is 14.6. The fourth-order valence-corrected chi connectivity index (χ4v) is 9.53. The number of H-pyrrole nitrogens is 1. The molecule has 1 saturated carbocycles. The second-order valence-corrected chi connectivity index (χ2v) is 17.0. The summed E-state index contributed by atoms with van der Waals surface area (Å²) in [5.74, 6) is 1.60. The molecule has 2 aliphatic heterocycles. The number of halogens is 1. The monoisotopic (exact) mass is 790 g/mol. The van der Waals surface area contributed by atoms with Crippen LogP contribution in [0.25, 0.3) is 22.2 Å². The number of aromatic nitrogens is 3. The Kier molecular flexibility index (Phi) is 12.2. The number of piperazine rings is 1. The van der Waals surface area contributed by atoms with Crippen molar-refractivity contribution in [3.63, 3.8) is 0 Å². The van der Waals surface area contributed by atoms with Gasteiger partial charge in [-0.2, -0.15) is 11.8 Å². The van der Waals surface area contributed by atoms with E-state index in [0.29, 0.717) is 54.6 Å². The van der Waals surface area contributed by atoms with E-state index in [2.05, 4.69) is 78.8 Å². The van der Waals surface area contributed by atoms with E-state index in [9.17, 15) is 14.0 Å². The SMILES string of the molecule is C[C@@H]1CN(Cc2ccc(-c3cccc(Oc4ncc(F)cc4C(=O)N[C@H]4CC[C@H](NC(=O)c5cccc6[nH]cnc56)CC4)c3)c(CN3CCSCC3)c2)C[C@H](C)N1. The fourth-order valence-electron chi connectivity index (χ4n) is 8.55. The zero-order valence-corrected chi connectivity index (χ0v) is 33.4. The first-order valence-corrected chi connectivity index (χ1v) is 21.3. The third-order valence-electron chi connectivity index (χ3n) is 11.2. The van der Waals surface area contributed by atoms with E-state index in [4.69, 9.17) is 4.74 Å². The standard InChI is InChI=1S/C44H51FN8O3S/c1-28-23-53(24-29(2)49-28)25-30-9-14-37(32(19-30)26-52-15-17-57-18-16-52)31-5-3-6-36(20-31)56-44-39(21-33(45)22-46-44)43(55)51-35-12-10-34(11-13-35)50-42(54)38-7-4-8-40-41(38)48-27-47-40/h3-9,14,19-22,27-29,34-35,49H,10-13,15-18,23-26H2,1-2H3,(H,47,48)(H,50,54)(H,51,55)/t28-,29+,34-,35-. The molecule has 298 valence electrons. The average Bonchev–Trinajstić information content (AvgIpc) is 3.69. The smallest absolute Gasteiger partial charge is 0.257 e. The molecule has 0 radical (unpaired) electrons. The predicted molar refractivity (Wildman–Crippen MR) is 223 cm³/mol. The zero-order valence-electron chi connectivity index (χ0n) is 32.6. The number of hydrogen-bond donors (Lipinski definition) is 4. The summed E-state index contributed by atoms with van der Waals surface area (Å²) in [6.45, 7) is 10.4. The van der Waals surface area contributed by atoms with Crippen LogP contribution in [-0.2, 0) is 13.1 Å². The third kappa shape index (κ3) is 9.66. The summed E-state index contributed by atoms with van der Waals surface area (Å²) in [5, 5.41) is 9.85. The summed E-state index contributed by atoms with van der Waals surface area (Å²) in [6, 6.07) is 22.1. The molecule has 3 aliphatic rings. The molecule has 2 aromatic heterocycles. The number of ether oxygens (including phenoxy) is 1. The van der Waals surface area contributed by atoms with Gasteiger partial charge in [0.25, 0.3) is 11.8 Å². The van der Waals surface area contributed by atoms with Crippen LogP contribution >= 0.6 is 11.8 Å². The van der Waals surface area contributed by atoms with Gasteiger partial charge in [0.2, 0.25) is 5.88 Å². The number of amides is 2. The van der Waals surface area contributed by atoms with Gasteiger partial charge in [0.15, 0.2) is 0 Å². The van der Waals surface area contributed by atoms with Crippen LogP contribution in [0.1, 0.15) is 71.4 Å². The highest BCUT2D eigenvalue weighted by molar-refractivity contribution is 7.99. The minimum atomic E-state index is -0.620. The van der Waals surface area contributed by atoms with Crippen molar-refractivity contribution in [3.8, 4) is 22.8 Å². The second-order valence-electron chi connectivity index (χ2n) is 15.8. The van der Waals surface area contributed by atoms with E-state index in [0.717, 1.165) is 73.6 Å². The minimum Gasteiger partial charge on any atom is -0.438 e. The first-order valence-electron chi connectivity index (χ1n) is 20.1. The van der Waals surface area contributed by atoms with Gasteiger partial charge in [0.05, 0.1) is 23.6 Å². The number of pyridine rings is 1. The average molecular weight is 791 g/mol. The molecule has 11 nitrogen and oxygen atoms in total. The number of benzene rings is 3. The van der Waals surface area contributed by atoms with E-state index in [1.807, 2.05) is 42.1 Å². The van der Waals surface area contributed by atoms with Gasteiger partial charge in [-0.05, 0) is 92.1 Å². The Balaban J connectivity index is 0.941. The molecule has 4 heterocycles. The van der Waals surface area contributed by atoms with Gasteiger partial charge >= 0.3 is 0 Å². The number of carbonyl (C=O) groups excluding carboxylic acids is 2. The van der Waals surface area contributed by atoms with Crippen LogP contribution in [0, 0.1) is 5.82 Å². The fraction of sp³-hybridized carbons (Fsp3) is 0.409. The molecule has 1 aliphatic carbocycles. The minimum absolute atomic E-state index is 0.0303. The molecule has 3 fully saturated rings. The molecule has 5 aromatic rings. The number of nitrogens with one attached hydrogen (secondary N) is 4. The van der Waals surface area contributed by atoms with Crippen molar-refractivity contribution in [2.24, 2.45) is 0 Å². The van der Waals surface area contributed by atoms with Crippen LogP contribution in [0.2, 0.25) is 0 Å². The summed E-state index contributed by atoms with van der Waals surface area (Å²) in [4.78, 5) is 43.4. The van der Waals surface area contributed by atoms with Crippen molar-refractivity contribution in [1.29, 1.82) is 0 Å².